The molecule has 1 N–H and O–H groups in total. The zero-order valence-electron chi connectivity index (χ0n) is 9.24. The van der Waals surface area contributed by atoms with E-state index in [9.17, 15) is 13.9 Å². The summed E-state index contributed by atoms with van der Waals surface area (Å²) < 4.78 is 26.0. The van der Waals surface area contributed by atoms with Crippen molar-refractivity contribution in [3.8, 4) is 0 Å². The van der Waals surface area contributed by atoms with Gasteiger partial charge < -0.3 is 5.11 Å². The monoisotopic (exact) mass is 261 g/mol. The van der Waals surface area contributed by atoms with Crippen LogP contribution in [-0.4, -0.2) is 16.0 Å². The number of aliphatic hydroxyl groups excluding tert-OH is 1. The molecule has 0 saturated heterocycles. The van der Waals surface area contributed by atoms with Gasteiger partial charge >= 0.3 is 0 Å². The SMILES string of the molecule is OC(CC1CCC(F)(F)C1)c1ccc(Cl)nc1. The van der Waals surface area contributed by atoms with Gasteiger partial charge in [0.05, 0.1) is 6.10 Å². The number of rotatable bonds is 3. The predicted molar refractivity (Wildman–Crippen MR) is 61.1 cm³/mol. The molecule has 1 aliphatic rings. The summed E-state index contributed by atoms with van der Waals surface area (Å²) in [7, 11) is 0. The third-order valence-electron chi connectivity index (χ3n) is 3.20. The fourth-order valence-electron chi connectivity index (χ4n) is 2.28. The normalized spacial score (nSPS) is 24.8. The first-order valence-corrected chi connectivity index (χ1v) is 6.01. The largest absolute Gasteiger partial charge is 0.388 e. The van der Waals surface area contributed by atoms with E-state index in [2.05, 4.69) is 4.98 Å². The average molecular weight is 262 g/mol. The first-order valence-electron chi connectivity index (χ1n) is 5.64. The van der Waals surface area contributed by atoms with Crippen LogP contribution in [0.5, 0.6) is 0 Å². The van der Waals surface area contributed by atoms with Crippen molar-refractivity contribution in [2.45, 2.75) is 37.7 Å². The number of pyridine rings is 1. The summed E-state index contributed by atoms with van der Waals surface area (Å²) in [5.74, 6) is -2.67. The summed E-state index contributed by atoms with van der Waals surface area (Å²) in [6.07, 6.45) is 1.40. The third kappa shape index (κ3) is 3.36. The highest BCUT2D eigenvalue weighted by Gasteiger charge is 2.39. The van der Waals surface area contributed by atoms with Crippen LogP contribution in [0.3, 0.4) is 0 Å². The van der Waals surface area contributed by atoms with E-state index in [-0.39, 0.29) is 18.8 Å². The Kier molecular flexibility index (Phi) is 3.64. The molecule has 17 heavy (non-hydrogen) atoms. The Morgan fingerprint density at radius 2 is 2.29 bits per heavy atom. The van der Waals surface area contributed by atoms with Gasteiger partial charge in [-0.2, -0.15) is 0 Å². The lowest BCUT2D eigenvalue weighted by atomic mass is 9.96. The highest BCUT2D eigenvalue weighted by molar-refractivity contribution is 6.29. The summed E-state index contributed by atoms with van der Waals surface area (Å²) >= 11 is 5.63. The van der Waals surface area contributed by atoms with Gasteiger partial charge in [0.15, 0.2) is 0 Å². The van der Waals surface area contributed by atoms with Crippen molar-refractivity contribution < 1.29 is 13.9 Å². The van der Waals surface area contributed by atoms with Gasteiger partial charge in [-0.25, -0.2) is 13.8 Å². The van der Waals surface area contributed by atoms with Crippen molar-refractivity contribution in [2.75, 3.05) is 0 Å². The summed E-state index contributed by atoms with van der Waals surface area (Å²) in [6, 6.07) is 3.26. The van der Waals surface area contributed by atoms with Crippen molar-refractivity contribution in [1.82, 2.24) is 4.98 Å². The summed E-state index contributed by atoms with van der Waals surface area (Å²) in [5.41, 5.74) is 0.629. The lowest BCUT2D eigenvalue weighted by Crippen LogP contribution is -2.11. The number of aliphatic hydroxyl groups is 1. The number of hydrogen-bond acceptors (Lipinski definition) is 2. The predicted octanol–water partition coefficient (Wildman–Crippen LogP) is 3.59. The molecule has 2 unspecified atom stereocenters. The Balaban J connectivity index is 1.93. The maximum Gasteiger partial charge on any atom is 0.248 e. The number of alkyl halides is 2. The van der Waals surface area contributed by atoms with Crippen LogP contribution in [0.25, 0.3) is 0 Å². The van der Waals surface area contributed by atoms with Gasteiger partial charge in [-0.15, -0.1) is 0 Å². The minimum Gasteiger partial charge on any atom is -0.388 e. The third-order valence-corrected chi connectivity index (χ3v) is 3.42. The Hall–Kier alpha value is -0.740. The highest BCUT2D eigenvalue weighted by atomic mass is 35.5. The Bertz CT molecular complexity index is 383. The maximum absolute atomic E-state index is 13.0. The number of nitrogens with zero attached hydrogens (tertiary/aromatic N) is 1. The molecule has 0 bridgehead atoms. The van der Waals surface area contributed by atoms with Gasteiger partial charge in [-0.1, -0.05) is 17.7 Å². The molecule has 1 aromatic rings. The van der Waals surface area contributed by atoms with E-state index in [1.165, 1.54) is 6.20 Å². The molecular formula is C12H14ClF2NO. The van der Waals surface area contributed by atoms with Gasteiger partial charge in [0.25, 0.3) is 0 Å². The molecule has 2 rings (SSSR count). The molecule has 0 aromatic carbocycles. The summed E-state index contributed by atoms with van der Waals surface area (Å²) in [6.45, 7) is 0. The molecule has 1 heterocycles. The zero-order chi connectivity index (χ0) is 12.5. The van der Waals surface area contributed by atoms with E-state index in [0.29, 0.717) is 23.6 Å². The minimum atomic E-state index is -2.55. The van der Waals surface area contributed by atoms with Crippen LogP contribution >= 0.6 is 11.6 Å². The average Bonchev–Trinajstić information content (AvgIpc) is 2.59. The Morgan fingerprint density at radius 1 is 1.53 bits per heavy atom. The van der Waals surface area contributed by atoms with Crippen molar-refractivity contribution in [3.63, 3.8) is 0 Å². The molecule has 0 amide bonds. The van der Waals surface area contributed by atoms with Gasteiger partial charge in [0, 0.05) is 19.0 Å². The van der Waals surface area contributed by atoms with E-state index in [4.69, 9.17) is 11.6 Å². The molecule has 2 nitrogen and oxygen atoms in total. The fraction of sp³-hybridized carbons (Fsp3) is 0.583. The molecular weight excluding hydrogens is 248 g/mol. The van der Waals surface area contributed by atoms with Crippen LogP contribution in [0.2, 0.25) is 5.15 Å². The van der Waals surface area contributed by atoms with Crippen LogP contribution in [0.4, 0.5) is 8.78 Å². The molecule has 2 atom stereocenters. The lowest BCUT2D eigenvalue weighted by Gasteiger charge is -2.15. The second-order valence-corrected chi connectivity index (χ2v) is 5.02. The summed E-state index contributed by atoms with van der Waals surface area (Å²) in [5, 5.41) is 10.3. The smallest absolute Gasteiger partial charge is 0.248 e. The maximum atomic E-state index is 13.0. The molecule has 0 spiro atoms. The van der Waals surface area contributed by atoms with Crippen LogP contribution in [-0.2, 0) is 0 Å². The van der Waals surface area contributed by atoms with E-state index < -0.39 is 12.0 Å². The second-order valence-electron chi connectivity index (χ2n) is 4.63. The van der Waals surface area contributed by atoms with Crippen LogP contribution in [0.1, 0.15) is 37.4 Å². The molecule has 1 aromatic heterocycles. The van der Waals surface area contributed by atoms with E-state index >= 15 is 0 Å². The van der Waals surface area contributed by atoms with Gasteiger partial charge in [-0.3, -0.25) is 0 Å². The highest BCUT2D eigenvalue weighted by Crippen LogP contribution is 2.42. The summed E-state index contributed by atoms with van der Waals surface area (Å²) in [4.78, 5) is 3.86. The van der Waals surface area contributed by atoms with Crippen molar-refractivity contribution >= 4 is 11.6 Å². The van der Waals surface area contributed by atoms with Gasteiger partial charge in [-0.05, 0) is 30.4 Å². The number of hydrogen-bond donors (Lipinski definition) is 1. The molecule has 1 fully saturated rings. The first kappa shape index (κ1) is 12.7. The zero-order valence-corrected chi connectivity index (χ0v) is 10.00. The Labute approximate surface area is 104 Å². The first-order chi connectivity index (χ1) is 7.96. The standard InChI is InChI=1S/C12H14ClF2NO/c13-11-2-1-9(7-16-11)10(17)5-8-3-4-12(14,15)6-8/h1-2,7-8,10,17H,3-6H2. The molecule has 1 saturated carbocycles. The minimum absolute atomic E-state index is 0.0662. The quantitative estimate of drug-likeness (QED) is 0.844. The van der Waals surface area contributed by atoms with Gasteiger partial charge in [0.1, 0.15) is 5.15 Å². The van der Waals surface area contributed by atoms with Crippen molar-refractivity contribution in [1.29, 1.82) is 0 Å². The topological polar surface area (TPSA) is 33.1 Å². The Morgan fingerprint density at radius 3 is 2.82 bits per heavy atom. The van der Waals surface area contributed by atoms with E-state index in [0.717, 1.165) is 0 Å². The van der Waals surface area contributed by atoms with Crippen molar-refractivity contribution in [2.24, 2.45) is 5.92 Å². The fourth-order valence-corrected chi connectivity index (χ4v) is 2.39. The number of aromatic nitrogens is 1. The van der Waals surface area contributed by atoms with Crippen LogP contribution < -0.4 is 0 Å². The lowest BCUT2D eigenvalue weighted by molar-refractivity contribution is 0.00254. The van der Waals surface area contributed by atoms with Gasteiger partial charge in [0.2, 0.25) is 5.92 Å². The number of halogens is 3. The molecule has 94 valence electrons. The van der Waals surface area contributed by atoms with E-state index in [1.54, 1.807) is 12.1 Å². The van der Waals surface area contributed by atoms with Crippen LogP contribution in [0, 0.1) is 5.92 Å². The molecule has 5 heteroatoms. The van der Waals surface area contributed by atoms with Crippen molar-refractivity contribution in [3.05, 3.63) is 29.0 Å². The molecule has 1 aliphatic carbocycles. The molecule has 0 radical (unpaired) electrons. The second kappa shape index (κ2) is 4.86. The van der Waals surface area contributed by atoms with E-state index in [1.807, 2.05) is 0 Å². The van der Waals surface area contributed by atoms with Crippen LogP contribution in [0.15, 0.2) is 18.3 Å². The molecule has 0 aliphatic heterocycles.